The number of nitrogens with one attached hydrogen (secondary N) is 1. The van der Waals surface area contributed by atoms with Crippen molar-refractivity contribution in [2.75, 3.05) is 40.5 Å². The minimum atomic E-state index is 0.506. The van der Waals surface area contributed by atoms with E-state index in [2.05, 4.69) is 23.3 Å². The summed E-state index contributed by atoms with van der Waals surface area (Å²) in [6, 6.07) is 12.0. The van der Waals surface area contributed by atoms with Crippen molar-refractivity contribution in [2.45, 2.75) is 19.4 Å². The number of hydrogen-bond acceptors (Lipinski definition) is 4. The lowest BCUT2D eigenvalue weighted by atomic mass is 10.1. The van der Waals surface area contributed by atoms with Crippen molar-refractivity contribution in [3.63, 3.8) is 0 Å². The number of guanidine groups is 1. The Morgan fingerprint density at radius 3 is 2.93 bits per heavy atom. The monoisotopic (exact) mass is 371 g/mol. The molecule has 1 fully saturated rings. The van der Waals surface area contributed by atoms with Gasteiger partial charge in [-0.25, -0.2) is 0 Å². The van der Waals surface area contributed by atoms with Crippen molar-refractivity contribution in [2.24, 2.45) is 10.9 Å². The molecule has 0 saturated carbocycles. The molecular weight excluding hydrogens is 342 g/mol. The van der Waals surface area contributed by atoms with Crippen molar-refractivity contribution in [1.29, 1.82) is 0 Å². The lowest BCUT2D eigenvalue weighted by Gasteiger charge is -2.24. The first kappa shape index (κ1) is 19.3. The average molecular weight is 371 g/mol. The Morgan fingerprint density at radius 1 is 1.30 bits per heavy atom. The average Bonchev–Trinajstić information content (AvgIpc) is 3.39. The summed E-state index contributed by atoms with van der Waals surface area (Å²) in [7, 11) is 3.76. The molecule has 6 heteroatoms. The first-order valence-corrected chi connectivity index (χ1v) is 9.47. The fraction of sp³-hybridized carbons (Fsp3) is 0.476. The number of ether oxygens (including phenoxy) is 2. The zero-order chi connectivity index (χ0) is 18.9. The molecule has 1 aliphatic heterocycles. The first-order valence-electron chi connectivity index (χ1n) is 9.47. The number of aliphatic imine (C=N–C) groups is 1. The molecule has 0 aliphatic carbocycles. The van der Waals surface area contributed by atoms with E-state index >= 15 is 0 Å². The predicted molar refractivity (Wildman–Crippen MR) is 106 cm³/mol. The molecule has 27 heavy (non-hydrogen) atoms. The summed E-state index contributed by atoms with van der Waals surface area (Å²) in [5.74, 6) is 3.26. The van der Waals surface area contributed by atoms with Crippen LogP contribution in [0.4, 0.5) is 0 Å². The van der Waals surface area contributed by atoms with E-state index in [-0.39, 0.29) is 0 Å². The zero-order valence-corrected chi connectivity index (χ0v) is 16.2. The summed E-state index contributed by atoms with van der Waals surface area (Å²) in [6.45, 7) is 3.92. The Labute approximate surface area is 161 Å². The van der Waals surface area contributed by atoms with Gasteiger partial charge in [0.25, 0.3) is 0 Å². The van der Waals surface area contributed by atoms with E-state index in [0.717, 1.165) is 68.7 Å². The van der Waals surface area contributed by atoms with Crippen LogP contribution in [0, 0.1) is 5.92 Å². The number of rotatable bonds is 8. The van der Waals surface area contributed by atoms with Crippen LogP contribution in [0.5, 0.6) is 5.75 Å². The van der Waals surface area contributed by atoms with Crippen molar-refractivity contribution in [3.05, 3.63) is 54.0 Å². The van der Waals surface area contributed by atoms with Gasteiger partial charge in [-0.3, -0.25) is 4.99 Å². The molecule has 1 aromatic carbocycles. The Balaban J connectivity index is 1.63. The van der Waals surface area contributed by atoms with Crippen LogP contribution in [0.3, 0.4) is 0 Å². The highest BCUT2D eigenvalue weighted by Gasteiger charge is 2.16. The minimum absolute atomic E-state index is 0.506. The molecule has 1 saturated heterocycles. The van der Waals surface area contributed by atoms with E-state index in [4.69, 9.17) is 18.9 Å². The van der Waals surface area contributed by atoms with Crippen LogP contribution in [0.2, 0.25) is 0 Å². The Bertz CT molecular complexity index is 709. The summed E-state index contributed by atoms with van der Waals surface area (Å²) in [4.78, 5) is 6.99. The van der Waals surface area contributed by atoms with Gasteiger partial charge in [0.15, 0.2) is 5.96 Å². The summed E-state index contributed by atoms with van der Waals surface area (Å²) < 4.78 is 16.4. The van der Waals surface area contributed by atoms with E-state index in [1.54, 1.807) is 13.4 Å². The molecule has 0 radical (unpaired) electrons. The Kier molecular flexibility index (Phi) is 7.16. The summed E-state index contributed by atoms with van der Waals surface area (Å²) in [5.41, 5.74) is 1.13. The molecule has 2 aromatic rings. The van der Waals surface area contributed by atoms with Gasteiger partial charge >= 0.3 is 0 Å². The number of furan rings is 1. The molecule has 3 rings (SSSR count). The van der Waals surface area contributed by atoms with Crippen LogP contribution in [-0.2, 0) is 17.7 Å². The molecule has 0 amide bonds. The van der Waals surface area contributed by atoms with Gasteiger partial charge in [-0.05, 0) is 24.6 Å². The maximum Gasteiger partial charge on any atom is 0.193 e. The normalized spacial score (nSPS) is 17.1. The summed E-state index contributed by atoms with van der Waals surface area (Å²) in [5, 5.41) is 3.47. The third-order valence-electron chi connectivity index (χ3n) is 4.72. The van der Waals surface area contributed by atoms with Gasteiger partial charge in [-0.2, -0.15) is 0 Å². The predicted octanol–water partition coefficient (Wildman–Crippen LogP) is 2.94. The quantitative estimate of drug-likeness (QED) is 0.571. The molecule has 1 atom stereocenters. The molecule has 1 unspecified atom stereocenters. The molecule has 1 aliphatic rings. The first-order chi connectivity index (χ1) is 13.3. The topological polar surface area (TPSA) is 59.2 Å². The van der Waals surface area contributed by atoms with E-state index in [0.29, 0.717) is 5.92 Å². The third-order valence-corrected chi connectivity index (χ3v) is 4.72. The summed E-state index contributed by atoms with van der Waals surface area (Å²) >= 11 is 0. The Hall–Kier alpha value is -2.47. The van der Waals surface area contributed by atoms with Crippen molar-refractivity contribution >= 4 is 5.96 Å². The number of benzene rings is 1. The maximum absolute atomic E-state index is 5.48. The van der Waals surface area contributed by atoms with E-state index < -0.39 is 0 Å². The van der Waals surface area contributed by atoms with Gasteiger partial charge in [0.05, 0.1) is 20.0 Å². The maximum atomic E-state index is 5.48. The highest BCUT2D eigenvalue weighted by Crippen LogP contribution is 2.19. The van der Waals surface area contributed by atoms with E-state index in [1.165, 1.54) is 0 Å². The van der Waals surface area contributed by atoms with Crippen LogP contribution in [-0.4, -0.2) is 51.3 Å². The van der Waals surface area contributed by atoms with Gasteiger partial charge in [-0.1, -0.05) is 18.2 Å². The number of para-hydroxylation sites is 1. The number of nitrogens with zero attached hydrogens (tertiary/aromatic N) is 2. The van der Waals surface area contributed by atoms with Gasteiger partial charge < -0.3 is 24.1 Å². The second-order valence-corrected chi connectivity index (χ2v) is 6.82. The molecule has 0 spiro atoms. The van der Waals surface area contributed by atoms with Crippen LogP contribution in [0.1, 0.15) is 17.7 Å². The highest BCUT2D eigenvalue weighted by atomic mass is 16.5. The molecule has 1 aromatic heterocycles. The smallest absolute Gasteiger partial charge is 0.193 e. The fourth-order valence-electron chi connectivity index (χ4n) is 3.17. The standard InChI is InChI=1S/C21H29N3O3/c1-24(15-18-6-3-4-8-20(18)25-2)21(23-14-17-10-13-26-16-17)22-11-9-19-7-5-12-27-19/h3-8,12,17H,9-11,13-16H2,1-2H3,(H,22,23). The van der Waals surface area contributed by atoms with Crippen LogP contribution >= 0.6 is 0 Å². The lowest BCUT2D eigenvalue weighted by Crippen LogP contribution is -2.40. The van der Waals surface area contributed by atoms with Crippen LogP contribution < -0.4 is 10.1 Å². The number of hydrogen-bond donors (Lipinski definition) is 1. The van der Waals surface area contributed by atoms with Gasteiger partial charge in [0.2, 0.25) is 0 Å². The lowest BCUT2D eigenvalue weighted by molar-refractivity contribution is 0.187. The number of methoxy groups -OCH3 is 1. The zero-order valence-electron chi connectivity index (χ0n) is 16.2. The second kappa shape index (κ2) is 10.0. The van der Waals surface area contributed by atoms with Gasteiger partial charge in [-0.15, -0.1) is 0 Å². The van der Waals surface area contributed by atoms with E-state index in [9.17, 15) is 0 Å². The molecule has 146 valence electrons. The third kappa shape index (κ3) is 5.76. The Morgan fingerprint density at radius 2 is 2.19 bits per heavy atom. The molecule has 0 bridgehead atoms. The summed E-state index contributed by atoms with van der Waals surface area (Å²) in [6.07, 6.45) is 3.61. The van der Waals surface area contributed by atoms with Crippen molar-refractivity contribution in [3.8, 4) is 5.75 Å². The van der Waals surface area contributed by atoms with Gasteiger partial charge in [0.1, 0.15) is 11.5 Å². The molecule has 6 nitrogen and oxygen atoms in total. The minimum Gasteiger partial charge on any atom is -0.496 e. The van der Waals surface area contributed by atoms with Crippen molar-refractivity contribution in [1.82, 2.24) is 10.2 Å². The van der Waals surface area contributed by atoms with E-state index in [1.807, 2.05) is 30.3 Å². The largest absolute Gasteiger partial charge is 0.496 e. The van der Waals surface area contributed by atoms with Gasteiger partial charge in [0, 0.05) is 51.2 Å². The van der Waals surface area contributed by atoms with Crippen molar-refractivity contribution < 1.29 is 13.9 Å². The molecule has 1 N–H and O–H groups in total. The molecular formula is C21H29N3O3. The second-order valence-electron chi connectivity index (χ2n) is 6.82. The fourth-order valence-corrected chi connectivity index (χ4v) is 3.17. The SMILES string of the molecule is COc1ccccc1CN(C)C(=NCC1CCOC1)NCCc1ccco1. The van der Waals surface area contributed by atoms with Crippen LogP contribution in [0.15, 0.2) is 52.1 Å². The van der Waals surface area contributed by atoms with Crippen LogP contribution in [0.25, 0.3) is 0 Å². The molecule has 2 heterocycles. The highest BCUT2D eigenvalue weighted by molar-refractivity contribution is 5.79.